The van der Waals surface area contributed by atoms with Crippen LogP contribution in [0.25, 0.3) is 10.2 Å². The molecule has 0 fully saturated rings. The molecule has 2 heterocycles. The zero-order valence-electron chi connectivity index (χ0n) is 18.4. The van der Waals surface area contributed by atoms with Gasteiger partial charge in [0.25, 0.3) is 0 Å². The van der Waals surface area contributed by atoms with Gasteiger partial charge >= 0.3 is 0 Å². The van der Waals surface area contributed by atoms with Crippen LogP contribution >= 0.6 is 43.2 Å². The first-order chi connectivity index (χ1) is 14.9. The van der Waals surface area contributed by atoms with Crippen LogP contribution in [-0.4, -0.2) is 45.4 Å². The molecule has 2 aromatic rings. The Bertz CT molecular complexity index is 930. The zero-order valence-corrected chi connectivity index (χ0v) is 22.3. The van der Waals surface area contributed by atoms with Crippen molar-refractivity contribution in [1.82, 2.24) is 10.3 Å². The Morgan fingerprint density at radius 3 is 2.55 bits per heavy atom. The molecule has 168 valence electrons. The molecule has 6 nitrogen and oxygen atoms in total. The van der Waals surface area contributed by atoms with Gasteiger partial charge in [-0.2, -0.15) is 0 Å². The number of anilines is 1. The number of carbonyl (C=O) groups excluding carboxylic acids is 1. The van der Waals surface area contributed by atoms with Crippen LogP contribution in [0.2, 0.25) is 0 Å². The second kappa shape index (κ2) is 16.7. The molecule has 0 amide bonds. The van der Waals surface area contributed by atoms with E-state index < -0.39 is 0 Å². The van der Waals surface area contributed by atoms with Gasteiger partial charge in [-0.15, -0.1) is 24.2 Å². The fourth-order valence-electron chi connectivity index (χ4n) is 2.34. The summed E-state index contributed by atoms with van der Waals surface area (Å²) in [5, 5.41) is 4.07. The molecule has 0 aliphatic carbocycles. The standard InChI is InChI=1S/C16H19BrN4OS.C4H7BrO.C2H2/c1-5-11(10(2)17)19-9-20-15-13(8-22)23-16-14(15)12(21(3)4)6-7-18-16;1-6-4-2-3-5;1-2/h6-9H,5H2,1-4H3,(H,19,20);2-3H,4H2,1H3;1-2H/b11-10-;3-2+;. The van der Waals surface area contributed by atoms with Crippen molar-refractivity contribution < 1.29 is 9.53 Å². The fraction of sp³-hybridized carbons (Fsp3) is 0.318. The number of fused-ring (bicyclic) bond motifs is 1. The summed E-state index contributed by atoms with van der Waals surface area (Å²) in [5.41, 5.74) is 2.70. The second-order valence-corrected chi connectivity index (χ2v) is 8.67. The van der Waals surface area contributed by atoms with Gasteiger partial charge in [-0.1, -0.05) is 44.9 Å². The monoisotopic (exact) mass is 570 g/mol. The number of nitrogens with one attached hydrogen (secondary N) is 1. The van der Waals surface area contributed by atoms with E-state index in [-0.39, 0.29) is 0 Å². The van der Waals surface area contributed by atoms with Gasteiger partial charge in [0, 0.05) is 37.6 Å². The van der Waals surface area contributed by atoms with Crippen molar-refractivity contribution in [3.8, 4) is 12.8 Å². The molecule has 9 heteroatoms. The third-order valence-electron chi connectivity index (χ3n) is 3.71. The highest BCUT2D eigenvalue weighted by Gasteiger charge is 2.16. The number of thiophene rings is 1. The van der Waals surface area contributed by atoms with Gasteiger partial charge in [-0.25, -0.2) is 9.98 Å². The van der Waals surface area contributed by atoms with E-state index in [1.165, 1.54) is 11.3 Å². The lowest BCUT2D eigenvalue weighted by molar-refractivity contribution is 0.112. The Balaban J connectivity index is 0.000000970. The van der Waals surface area contributed by atoms with Crippen molar-refractivity contribution in [2.45, 2.75) is 20.3 Å². The van der Waals surface area contributed by atoms with Crippen molar-refractivity contribution in [2.24, 2.45) is 4.99 Å². The molecule has 0 saturated heterocycles. The van der Waals surface area contributed by atoms with Crippen molar-refractivity contribution in [3.63, 3.8) is 0 Å². The topological polar surface area (TPSA) is 66.8 Å². The zero-order chi connectivity index (χ0) is 23.8. The Kier molecular flexibility index (Phi) is 15.6. The number of allylic oxidation sites excluding steroid dienone is 2. The summed E-state index contributed by atoms with van der Waals surface area (Å²) in [6.07, 6.45) is 15.0. The van der Waals surface area contributed by atoms with Gasteiger partial charge in [-0.05, 0) is 24.4 Å². The van der Waals surface area contributed by atoms with Crippen LogP contribution in [0.1, 0.15) is 29.9 Å². The van der Waals surface area contributed by atoms with Crippen LogP contribution in [-0.2, 0) is 4.74 Å². The van der Waals surface area contributed by atoms with E-state index in [9.17, 15) is 4.79 Å². The fourth-order valence-corrected chi connectivity index (χ4v) is 3.81. The normalized spacial score (nSPS) is 11.4. The Labute approximate surface area is 205 Å². The van der Waals surface area contributed by atoms with Crippen molar-refractivity contribution in [1.29, 1.82) is 0 Å². The SMILES string of the molecule is C#C.CC/C(NC=Nc1c(C=O)sc2nccc(N(C)C)c12)=C(\C)Br.COC/C=C/Br. The number of nitrogens with zero attached hydrogens (tertiary/aromatic N) is 3. The number of hydrogen-bond acceptors (Lipinski definition) is 6. The maximum absolute atomic E-state index is 11.4. The molecule has 2 aromatic heterocycles. The van der Waals surface area contributed by atoms with Crippen molar-refractivity contribution >= 4 is 77.4 Å². The van der Waals surface area contributed by atoms with E-state index >= 15 is 0 Å². The minimum Gasteiger partial charge on any atom is -0.381 e. The van der Waals surface area contributed by atoms with Crippen LogP contribution in [0.15, 0.2) is 38.5 Å². The number of ether oxygens (including phenoxy) is 1. The van der Waals surface area contributed by atoms with E-state index in [0.29, 0.717) is 17.2 Å². The number of aldehydes is 1. The summed E-state index contributed by atoms with van der Waals surface area (Å²) in [6.45, 7) is 4.72. The van der Waals surface area contributed by atoms with Gasteiger partial charge < -0.3 is 15.0 Å². The van der Waals surface area contributed by atoms with Gasteiger partial charge in [0.05, 0.1) is 34.6 Å². The molecular formula is C22H28Br2N4O2S. The molecule has 0 aliphatic rings. The number of carbonyl (C=O) groups is 1. The van der Waals surface area contributed by atoms with Gasteiger partial charge in [-0.3, -0.25) is 4.79 Å². The lowest BCUT2D eigenvalue weighted by atomic mass is 10.2. The molecule has 0 aromatic carbocycles. The van der Waals surface area contributed by atoms with Crippen LogP contribution in [0.5, 0.6) is 0 Å². The Morgan fingerprint density at radius 2 is 2.10 bits per heavy atom. The van der Waals surface area contributed by atoms with Crippen LogP contribution in [0.3, 0.4) is 0 Å². The van der Waals surface area contributed by atoms with Crippen LogP contribution < -0.4 is 10.2 Å². The third-order valence-corrected chi connectivity index (χ3v) is 5.58. The van der Waals surface area contributed by atoms with E-state index in [1.54, 1.807) is 24.6 Å². The highest BCUT2D eigenvalue weighted by atomic mass is 79.9. The quantitative estimate of drug-likeness (QED) is 0.175. The van der Waals surface area contributed by atoms with Gasteiger partial charge in [0.1, 0.15) is 4.83 Å². The molecule has 0 radical (unpaired) electrons. The summed E-state index contributed by atoms with van der Waals surface area (Å²) in [7, 11) is 5.59. The molecule has 0 aliphatic heterocycles. The molecule has 0 saturated carbocycles. The van der Waals surface area contributed by atoms with Gasteiger partial charge in [0.2, 0.25) is 0 Å². The first kappa shape index (κ1) is 29.0. The molecule has 0 unspecified atom stereocenters. The summed E-state index contributed by atoms with van der Waals surface area (Å²) in [5.74, 6) is 0. The molecule has 0 spiro atoms. The summed E-state index contributed by atoms with van der Waals surface area (Å²) in [6, 6.07) is 1.93. The maximum atomic E-state index is 11.4. The third kappa shape index (κ3) is 9.35. The van der Waals surface area contributed by atoms with Gasteiger partial charge in [0.15, 0.2) is 6.29 Å². The number of aliphatic imine (C=N–C) groups is 1. The largest absolute Gasteiger partial charge is 0.381 e. The minimum absolute atomic E-state index is 0.581. The Hall–Kier alpha value is -1.99. The average molecular weight is 572 g/mol. The number of aromatic nitrogens is 1. The summed E-state index contributed by atoms with van der Waals surface area (Å²) < 4.78 is 5.70. The van der Waals surface area contributed by atoms with E-state index in [1.807, 2.05) is 38.1 Å². The predicted octanol–water partition coefficient (Wildman–Crippen LogP) is 6.25. The van der Waals surface area contributed by atoms with E-state index in [4.69, 9.17) is 0 Å². The lowest BCUT2D eigenvalue weighted by Crippen LogP contribution is -2.10. The molecule has 31 heavy (non-hydrogen) atoms. The maximum Gasteiger partial charge on any atom is 0.162 e. The number of pyridine rings is 1. The number of rotatable bonds is 8. The first-order valence-electron chi connectivity index (χ1n) is 9.16. The van der Waals surface area contributed by atoms with Crippen molar-refractivity contribution in [2.75, 3.05) is 32.7 Å². The van der Waals surface area contributed by atoms with Crippen molar-refractivity contribution in [3.05, 3.63) is 38.4 Å². The minimum atomic E-state index is 0.581. The molecule has 0 bridgehead atoms. The molecule has 1 N–H and O–H groups in total. The highest BCUT2D eigenvalue weighted by Crippen LogP contribution is 2.40. The van der Waals surface area contributed by atoms with Crippen LogP contribution in [0, 0.1) is 12.8 Å². The molecule has 0 atom stereocenters. The number of methoxy groups -OCH3 is 1. The van der Waals surface area contributed by atoms with E-state index in [2.05, 4.69) is 71.7 Å². The number of terminal acetylenes is 1. The summed E-state index contributed by atoms with van der Waals surface area (Å²) in [4.78, 5) is 25.4. The van der Waals surface area contributed by atoms with Crippen LogP contribution in [0.4, 0.5) is 11.4 Å². The highest BCUT2D eigenvalue weighted by molar-refractivity contribution is 9.11. The molecule has 2 rings (SSSR count). The number of hydrogen-bond donors (Lipinski definition) is 1. The van der Waals surface area contributed by atoms with E-state index in [0.717, 1.165) is 38.8 Å². The summed E-state index contributed by atoms with van der Waals surface area (Å²) >= 11 is 7.91. The predicted molar refractivity (Wildman–Crippen MR) is 142 cm³/mol. The average Bonchev–Trinajstić information content (AvgIpc) is 3.14. The smallest absolute Gasteiger partial charge is 0.162 e. The number of halogens is 2. The lowest BCUT2D eigenvalue weighted by Gasteiger charge is -2.13. The Morgan fingerprint density at radius 1 is 1.42 bits per heavy atom. The molecular weight excluding hydrogens is 544 g/mol. The first-order valence-corrected chi connectivity index (χ1v) is 11.7. The second-order valence-electron chi connectivity index (χ2n) is 5.92.